The molecule has 0 saturated carbocycles. The number of hydrogen-bond donors (Lipinski definition) is 1. The quantitative estimate of drug-likeness (QED) is 0.449. The number of fused-ring (bicyclic) bond motifs is 1. The minimum absolute atomic E-state index is 0.0849. The molecule has 0 atom stereocenters. The zero-order valence-electron chi connectivity index (χ0n) is 14.4. The number of nitrogens with zero attached hydrogens (tertiary/aromatic N) is 2. The molecule has 0 aliphatic carbocycles. The Bertz CT molecular complexity index is 1140. The predicted octanol–water partition coefficient (Wildman–Crippen LogP) is 5.09. The third-order valence-electron chi connectivity index (χ3n) is 4.27. The maximum atomic E-state index is 12.6. The lowest BCUT2D eigenvalue weighted by atomic mass is 10.1. The molecule has 29 heavy (non-hydrogen) atoms. The number of aromatic nitrogens is 1. The summed E-state index contributed by atoms with van der Waals surface area (Å²) in [6.07, 6.45) is 0. The number of amides is 3. The molecule has 0 saturated heterocycles. The Kier molecular flexibility index (Phi) is 5.00. The van der Waals surface area contributed by atoms with Crippen molar-refractivity contribution >= 4 is 63.9 Å². The first-order chi connectivity index (χ1) is 13.8. The molecule has 0 radical (unpaired) electrons. The van der Waals surface area contributed by atoms with E-state index in [1.807, 2.05) is 0 Å². The number of hydrogen-bond acceptors (Lipinski definition) is 4. The summed E-state index contributed by atoms with van der Waals surface area (Å²) in [5.41, 5.74) is 1.45. The van der Waals surface area contributed by atoms with Crippen LogP contribution in [0.5, 0.6) is 0 Å². The Morgan fingerprint density at radius 1 is 0.862 bits per heavy atom. The minimum atomic E-state index is -0.472. The summed E-state index contributed by atoms with van der Waals surface area (Å²) < 4.78 is 0. The molecule has 2 aromatic carbocycles. The number of anilines is 2. The van der Waals surface area contributed by atoms with Crippen LogP contribution in [0.15, 0.2) is 54.6 Å². The highest BCUT2D eigenvalue weighted by atomic mass is 35.5. The molecule has 6 nitrogen and oxygen atoms in total. The number of carbonyl (C=O) groups is 3. The number of carbonyl (C=O) groups excluding carboxylic acids is 3. The van der Waals surface area contributed by atoms with Crippen molar-refractivity contribution in [3.05, 3.63) is 86.6 Å². The van der Waals surface area contributed by atoms with Crippen LogP contribution >= 0.6 is 34.8 Å². The molecule has 3 aromatic rings. The Balaban J connectivity index is 1.60. The number of halogens is 3. The van der Waals surface area contributed by atoms with Gasteiger partial charge in [-0.05, 0) is 42.5 Å². The van der Waals surface area contributed by atoms with Gasteiger partial charge in [-0.25, -0.2) is 9.88 Å². The van der Waals surface area contributed by atoms with Crippen LogP contribution in [0.25, 0.3) is 0 Å². The van der Waals surface area contributed by atoms with Crippen molar-refractivity contribution in [3.63, 3.8) is 0 Å². The van der Waals surface area contributed by atoms with Crippen molar-refractivity contribution in [2.24, 2.45) is 0 Å². The van der Waals surface area contributed by atoms with Crippen molar-refractivity contribution in [2.45, 2.75) is 0 Å². The van der Waals surface area contributed by atoms with Gasteiger partial charge < -0.3 is 5.32 Å². The van der Waals surface area contributed by atoms with Crippen molar-refractivity contribution in [1.29, 1.82) is 0 Å². The van der Waals surface area contributed by atoms with Gasteiger partial charge in [-0.2, -0.15) is 0 Å². The summed E-state index contributed by atoms with van der Waals surface area (Å²) in [6.45, 7) is 0. The lowest BCUT2D eigenvalue weighted by Gasteiger charge is -2.16. The van der Waals surface area contributed by atoms with E-state index in [-0.39, 0.29) is 26.6 Å². The molecule has 144 valence electrons. The lowest BCUT2D eigenvalue weighted by Crippen LogP contribution is -2.29. The topological polar surface area (TPSA) is 79.4 Å². The normalized spacial score (nSPS) is 12.9. The van der Waals surface area contributed by atoms with Gasteiger partial charge in [0.1, 0.15) is 10.3 Å². The van der Waals surface area contributed by atoms with E-state index >= 15 is 0 Å². The third-order valence-corrected chi connectivity index (χ3v) is 4.96. The molecule has 0 fully saturated rings. The van der Waals surface area contributed by atoms with Crippen LogP contribution in [0.1, 0.15) is 31.1 Å². The summed E-state index contributed by atoms with van der Waals surface area (Å²) in [5, 5.41) is 2.95. The third kappa shape index (κ3) is 3.58. The second-order valence-corrected chi connectivity index (χ2v) is 7.29. The highest BCUT2D eigenvalue weighted by molar-refractivity contribution is 6.40. The Hall–Kier alpha value is -2.93. The standard InChI is InChI=1S/C20H10Cl3N3O3/c21-14-9-11(24-18(27)10-7-16(22)25-17(23)8-10)5-6-15(14)26-19(28)12-3-1-2-4-13(12)20(26)29/h1-9H,(H,24,27). The monoisotopic (exact) mass is 445 g/mol. The molecule has 1 aliphatic heterocycles. The van der Waals surface area contributed by atoms with Gasteiger partial charge in [-0.3, -0.25) is 14.4 Å². The second-order valence-electron chi connectivity index (χ2n) is 6.11. The predicted molar refractivity (Wildman–Crippen MR) is 111 cm³/mol. The van der Waals surface area contributed by atoms with E-state index < -0.39 is 17.7 Å². The van der Waals surface area contributed by atoms with E-state index in [0.717, 1.165) is 4.90 Å². The molecule has 2 heterocycles. The maximum Gasteiger partial charge on any atom is 0.266 e. The summed E-state index contributed by atoms with van der Waals surface area (Å²) in [4.78, 5) is 42.4. The lowest BCUT2D eigenvalue weighted by molar-refractivity contribution is 0.0924. The fraction of sp³-hybridized carbons (Fsp3) is 0. The van der Waals surface area contributed by atoms with Crippen LogP contribution in [0.2, 0.25) is 15.3 Å². The van der Waals surface area contributed by atoms with E-state index in [1.54, 1.807) is 24.3 Å². The number of pyridine rings is 1. The first kappa shape index (κ1) is 19.4. The molecule has 3 amide bonds. The van der Waals surface area contributed by atoms with E-state index in [1.165, 1.54) is 30.3 Å². The number of nitrogens with one attached hydrogen (secondary N) is 1. The molecule has 1 N–H and O–H groups in total. The maximum absolute atomic E-state index is 12.6. The largest absolute Gasteiger partial charge is 0.322 e. The van der Waals surface area contributed by atoms with Gasteiger partial charge in [0.25, 0.3) is 17.7 Å². The van der Waals surface area contributed by atoms with Crippen LogP contribution in [-0.2, 0) is 0 Å². The Morgan fingerprint density at radius 3 is 2.00 bits per heavy atom. The zero-order chi connectivity index (χ0) is 20.7. The summed E-state index contributed by atoms with van der Waals surface area (Å²) >= 11 is 17.9. The van der Waals surface area contributed by atoms with Gasteiger partial charge in [0, 0.05) is 11.3 Å². The van der Waals surface area contributed by atoms with Crippen molar-refractivity contribution < 1.29 is 14.4 Å². The minimum Gasteiger partial charge on any atom is -0.322 e. The van der Waals surface area contributed by atoms with Crippen LogP contribution in [0.3, 0.4) is 0 Å². The molecule has 9 heteroatoms. The van der Waals surface area contributed by atoms with E-state index in [9.17, 15) is 14.4 Å². The molecular formula is C20H10Cl3N3O3. The Labute approximate surface area is 180 Å². The molecule has 0 unspecified atom stereocenters. The van der Waals surface area contributed by atoms with Gasteiger partial charge >= 0.3 is 0 Å². The summed E-state index contributed by atoms with van der Waals surface area (Å²) in [6, 6.07) is 13.8. The smallest absolute Gasteiger partial charge is 0.266 e. The number of rotatable bonds is 3. The molecule has 0 spiro atoms. The van der Waals surface area contributed by atoms with Crippen LogP contribution in [0.4, 0.5) is 11.4 Å². The van der Waals surface area contributed by atoms with Crippen molar-refractivity contribution in [1.82, 2.24) is 4.98 Å². The van der Waals surface area contributed by atoms with Crippen LogP contribution in [-0.4, -0.2) is 22.7 Å². The van der Waals surface area contributed by atoms with E-state index in [2.05, 4.69) is 10.3 Å². The van der Waals surface area contributed by atoms with Gasteiger partial charge in [-0.15, -0.1) is 0 Å². The number of benzene rings is 2. The number of imide groups is 1. The Morgan fingerprint density at radius 2 is 1.45 bits per heavy atom. The molecular weight excluding hydrogens is 437 g/mol. The average Bonchev–Trinajstić information content (AvgIpc) is 2.92. The molecule has 1 aromatic heterocycles. The average molecular weight is 447 g/mol. The van der Waals surface area contributed by atoms with Crippen molar-refractivity contribution in [2.75, 3.05) is 10.2 Å². The highest BCUT2D eigenvalue weighted by Gasteiger charge is 2.37. The van der Waals surface area contributed by atoms with Gasteiger partial charge in [0.05, 0.1) is 21.8 Å². The summed E-state index contributed by atoms with van der Waals surface area (Å²) in [5.74, 6) is -1.38. The SMILES string of the molecule is O=C(Nc1ccc(N2C(=O)c3ccccc3C2=O)c(Cl)c1)c1cc(Cl)nc(Cl)c1. The van der Waals surface area contributed by atoms with Gasteiger partial charge in [0.15, 0.2) is 0 Å². The molecule has 0 bridgehead atoms. The first-order valence-electron chi connectivity index (χ1n) is 8.27. The fourth-order valence-corrected chi connectivity index (χ4v) is 3.70. The van der Waals surface area contributed by atoms with Crippen LogP contribution < -0.4 is 10.2 Å². The molecule has 1 aliphatic rings. The highest BCUT2D eigenvalue weighted by Crippen LogP contribution is 2.35. The molecule has 4 rings (SSSR count). The second kappa shape index (κ2) is 7.48. The van der Waals surface area contributed by atoms with Gasteiger partial charge in [-0.1, -0.05) is 46.9 Å². The van der Waals surface area contributed by atoms with Crippen LogP contribution in [0, 0.1) is 0 Å². The van der Waals surface area contributed by atoms with E-state index in [4.69, 9.17) is 34.8 Å². The summed E-state index contributed by atoms with van der Waals surface area (Å²) in [7, 11) is 0. The fourth-order valence-electron chi connectivity index (χ4n) is 2.97. The van der Waals surface area contributed by atoms with E-state index in [0.29, 0.717) is 16.8 Å². The first-order valence-corrected chi connectivity index (χ1v) is 9.40. The van der Waals surface area contributed by atoms with Crippen molar-refractivity contribution in [3.8, 4) is 0 Å². The zero-order valence-corrected chi connectivity index (χ0v) is 16.7. The van der Waals surface area contributed by atoms with Gasteiger partial charge in [0.2, 0.25) is 0 Å².